The molecule has 4 heteroatoms. The van der Waals surface area contributed by atoms with Crippen molar-refractivity contribution >= 4 is 5.91 Å². The number of allylic oxidation sites excluding steroid dienone is 1. The molecule has 0 aliphatic rings. The molecule has 1 aromatic heterocycles. The smallest absolute Gasteiger partial charge is 0.271 e. The minimum absolute atomic E-state index is 0.179. The van der Waals surface area contributed by atoms with Gasteiger partial charge in [-0.3, -0.25) is 4.79 Å². The van der Waals surface area contributed by atoms with E-state index >= 15 is 0 Å². The van der Waals surface area contributed by atoms with Gasteiger partial charge in [-0.1, -0.05) is 6.08 Å². The molecule has 0 unspecified atom stereocenters. The maximum absolute atomic E-state index is 11.4. The van der Waals surface area contributed by atoms with Gasteiger partial charge < -0.3 is 5.32 Å². The van der Waals surface area contributed by atoms with Gasteiger partial charge in [0.25, 0.3) is 5.91 Å². The number of carbonyl (C=O) groups excluding carboxylic acids is 1. The molecule has 4 nitrogen and oxygen atoms in total. The first-order valence-corrected chi connectivity index (χ1v) is 4.51. The van der Waals surface area contributed by atoms with Gasteiger partial charge in [0.05, 0.1) is 0 Å². The SMILES string of the molecule is C=CCCCNC(=O)c1cccnn1. The highest BCUT2D eigenvalue weighted by molar-refractivity contribution is 5.91. The normalized spacial score (nSPS) is 9.43. The average Bonchev–Trinajstić information content (AvgIpc) is 2.25. The van der Waals surface area contributed by atoms with Crippen LogP contribution < -0.4 is 5.32 Å². The number of nitrogens with zero attached hydrogens (tertiary/aromatic N) is 2. The summed E-state index contributed by atoms with van der Waals surface area (Å²) < 4.78 is 0. The zero-order valence-corrected chi connectivity index (χ0v) is 7.94. The Kier molecular flexibility index (Phi) is 4.34. The number of amides is 1. The zero-order valence-electron chi connectivity index (χ0n) is 7.94. The Balaban J connectivity index is 2.32. The quantitative estimate of drug-likeness (QED) is 0.561. The molecule has 74 valence electrons. The van der Waals surface area contributed by atoms with Crippen molar-refractivity contribution in [1.29, 1.82) is 0 Å². The summed E-state index contributed by atoms with van der Waals surface area (Å²) in [5.41, 5.74) is 0.353. The fourth-order valence-electron chi connectivity index (χ4n) is 0.962. The maximum Gasteiger partial charge on any atom is 0.271 e. The predicted molar refractivity (Wildman–Crippen MR) is 53.8 cm³/mol. The van der Waals surface area contributed by atoms with Crippen molar-refractivity contribution in [1.82, 2.24) is 15.5 Å². The number of nitrogens with one attached hydrogen (secondary N) is 1. The van der Waals surface area contributed by atoms with Gasteiger partial charge >= 0.3 is 0 Å². The van der Waals surface area contributed by atoms with Crippen LogP contribution in [0, 0.1) is 0 Å². The van der Waals surface area contributed by atoms with Crippen molar-refractivity contribution in [3.05, 3.63) is 36.7 Å². The van der Waals surface area contributed by atoms with Crippen molar-refractivity contribution in [3.63, 3.8) is 0 Å². The predicted octanol–water partition coefficient (Wildman–Crippen LogP) is 1.17. The molecular weight excluding hydrogens is 178 g/mol. The Hall–Kier alpha value is -1.71. The molecule has 1 N–H and O–H groups in total. The first-order chi connectivity index (χ1) is 6.84. The molecule has 0 saturated heterocycles. The van der Waals surface area contributed by atoms with E-state index in [1.807, 2.05) is 6.08 Å². The van der Waals surface area contributed by atoms with E-state index in [1.54, 1.807) is 12.1 Å². The third-order valence-corrected chi connectivity index (χ3v) is 1.68. The summed E-state index contributed by atoms with van der Waals surface area (Å²) in [6, 6.07) is 3.32. The highest BCUT2D eigenvalue weighted by Gasteiger charge is 2.04. The van der Waals surface area contributed by atoms with Crippen LogP contribution in [0.25, 0.3) is 0 Å². The molecule has 0 radical (unpaired) electrons. The summed E-state index contributed by atoms with van der Waals surface area (Å²) in [5, 5.41) is 10.1. The maximum atomic E-state index is 11.4. The van der Waals surface area contributed by atoms with Gasteiger partial charge in [-0.15, -0.1) is 11.7 Å². The second-order valence-electron chi connectivity index (χ2n) is 2.80. The second kappa shape index (κ2) is 5.85. The van der Waals surface area contributed by atoms with Crippen molar-refractivity contribution < 1.29 is 4.79 Å². The summed E-state index contributed by atoms with van der Waals surface area (Å²) >= 11 is 0. The highest BCUT2D eigenvalue weighted by Crippen LogP contribution is 1.92. The lowest BCUT2D eigenvalue weighted by Gasteiger charge is -2.01. The molecular formula is C10H13N3O. The van der Waals surface area contributed by atoms with E-state index < -0.39 is 0 Å². The molecule has 1 heterocycles. The van der Waals surface area contributed by atoms with Gasteiger partial charge in [-0.2, -0.15) is 5.10 Å². The summed E-state index contributed by atoms with van der Waals surface area (Å²) in [5.74, 6) is -0.179. The number of hydrogen-bond donors (Lipinski definition) is 1. The number of aromatic nitrogens is 2. The van der Waals surface area contributed by atoms with Gasteiger partial charge in [0.2, 0.25) is 0 Å². The van der Waals surface area contributed by atoms with E-state index in [1.165, 1.54) is 6.20 Å². The van der Waals surface area contributed by atoms with Gasteiger partial charge in [0, 0.05) is 12.7 Å². The van der Waals surface area contributed by atoms with Crippen molar-refractivity contribution in [2.45, 2.75) is 12.8 Å². The Morgan fingerprint density at radius 3 is 3.14 bits per heavy atom. The van der Waals surface area contributed by atoms with Gasteiger partial charge in [0.15, 0.2) is 5.69 Å². The number of carbonyl (C=O) groups is 1. The Labute approximate surface area is 83.1 Å². The fraction of sp³-hybridized carbons (Fsp3) is 0.300. The molecule has 0 aromatic carbocycles. The minimum Gasteiger partial charge on any atom is -0.351 e. The molecule has 0 atom stereocenters. The summed E-state index contributed by atoms with van der Waals surface area (Å²) in [4.78, 5) is 11.4. The summed E-state index contributed by atoms with van der Waals surface area (Å²) in [6.45, 7) is 4.24. The third kappa shape index (κ3) is 3.35. The molecule has 0 fully saturated rings. The van der Waals surface area contributed by atoms with Crippen molar-refractivity contribution in [3.8, 4) is 0 Å². The molecule has 1 aromatic rings. The van der Waals surface area contributed by atoms with Crippen LogP contribution in [-0.4, -0.2) is 22.6 Å². The molecule has 1 amide bonds. The Bertz CT molecular complexity index is 297. The molecule has 1 rings (SSSR count). The average molecular weight is 191 g/mol. The van der Waals surface area contributed by atoms with Gasteiger partial charge in [0.1, 0.15) is 0 Å². The van der Waals surface area contributed by atoms with E-state index in [-0.39, 0.29) is 5.91 Å². The Morgan fingerprint density at radius 2 is 2.50 bits per heavy atom. The third-order valence-electron chi connectivity index (χ3n) is 1.68. The summed E-state index contributed by atoms with van der Waals surface area (Å²) in [7, 11) is 0. The molecule has 0 spiro atoms. The van der Waals surface area contributed by atoms with Crippen molar-refractivity contribution in [2.75, 3.05) is 6.54 Å². The summed E-state index contributed by atoms with van der Waals surface area (Å²) in [6.07, 6.45) is 5.17. The monoisotopic (exact) mass is 191 g/mol. The number of hydrogen-bond acceptors (Lipinski definition) is 3. The lowest BCUT2D eigenvalue weighted by Crippen LogP contribution is -2.25. The van der Waals surface area contributed by atoms with Crippen LogP contribution in [0.15, 0.2) is 31.0 Å². The lowest BCUT2D eigenvalue weighted by molar-refractivity contribution is 0.0947. The molecule has 0 saturated carbocycles. The van der Waals surface area contributed by atoms with E-state index in [4.69, 9.17) is 0 Å². The van der Waals surface area contributed by atoms with Crippen LogP contribution in [-0.2, 0) is 0 Å². The van der Waals surface area contributed by atoms with E-state index in [2.05, 4.69) is 22.1 Å². The largest absolute Gasteiger partial charge is 0.351 e. The zero-order chi connectivity index (χ0) is 10.2. The van der Waals surface area contributed by atoms with Gasteiger partial charge in [-0.25, -0.2) is 0 Å². The first kappa shape index (κ1) is 10.4. The highest BCUT2D eigenvalue weighted by atomic mass is 16.1. The number of unbranched alkanes of at least 4 members (excludes halogenated alkanes) is 1. The first-order valence-electron chi connectivity index (χ1n) is 4.51. The molecule has 0 aliphatic carbocycles. The number of rotatable bonds is 5. The van der Waals surface area contributed by atoms with E-state index in [0.717, 1.165) is 12.8 Å². The topological polar surface area (TPSA) is 54.9 Å². The second-order valence-corrected chi connectivity index (χ2v) is 2.80. The van der Waals surface area contributed by atoms with Crippen LogP contribution in [0.4, 0.5) is 0 Å². The van der Waals surface area contributed by atoms with E-state index in [0.29, 0.717) is 12.2 Å². The molecule has 14 heavy (non-hydrogen) atoms. The fourth-order valence-corrected chi connectivity index (χ4v) is 0.962. The standard InChI is InChI=1S/C10H13N3O/c1-2-3-4-7-11-10(14)9-6-5-8-12-13-9/h2,5-6,8H,1,3-4,7H2,(H,11,14). The van der Waals surface area contributed by atoms with Crippen LogP contribution in [0.3, 0.4) is 0 Å². The van der Waals surface area contributed by atoms with Crippen molar-refractivity contribution in [2.24, 2.45) is 0 Å². The molecule has 0 bridgehead atoms. The van der Waals surface area contributed by atoms with Crippen LogP contribution in [0.2, 0.25) is 0 Å². The minimum atomic E-state index is -0.179. The van der Waals surface area contributed by atoms with Crippen LogP contribution in [0.1, 0.15) is 23.3 Å². The van der Waals surface area contributed by atoms with Gasteiger partial charge in [-0.05, 0) is 25.0 Å². The lowest BCUT2D eigenvalue weighted by atomic mass is 10.3. The van der Waals surface area contributed by atoms with Crippen LogP contribution >= 0.6 is 0 Å². The Morgan fingerprint density at radius 1 is 1.64 bits per heavy atom. The molecule has 0 aliphatic heterocycles. The van der Waals surface area contributed by atoms with E-state index in [9.17, 15) is 4.79 Å². The van der Waals surface area contributed by atoms with Crippen LogP contribution in [0.5, 0.6) is 0 Å².